The first-order chi connectivity index (χ1) is 11.7. The normalized spacial score (nSPS) is 9.88. The molecular formula is C20H26BrN3. The molecule has 0 aliphatic rings. The summed E-state index contributed by atoms with van der Waals surface area (Å²) >= 11 is 3.55. The first-order valence-corrected chi connectivity index (χ1v) is 9.51. The number of allylic oxidation sites excluding steroid dienone is 1. The number of benzene rings is 1. The Balaban J connectivity index is 2.68. The lowest BCUT2D eigenvalue weighted by Gasteiger charge is -2.23. The molecule has 0 fully saturated rings. The molecule has 0 unspecified atom stereocenters. The third kappa shape index (κ3) is 6.77. The van der Waals surface area contributed by atoms with Gasteiger partial charge in [0.05, 0.1) is 0 Å². The lowest BCUT2D eigenvalue weighted by atomic mass is 10.1. The van der Waals surface area contributed by atoms with Crippen molar-refractivity contribution in [3.8, 4) is 12.1 Å². The van der Waals surface area contributed by atoms with E-state index in [0.29, 0.717) is 0 Å². The Morgan fingerprint density at radius 3 is 2.33 bits per heavy atom. The van der Waals surface area contributed by atoms with Crippen molar-refractivity contribution in [2.75, 3.05) is 18.0 Å². The largest absolute Gasteiger partial charge is 0.372 e. The highest BCUT2D eigenvalue weighted by Gasteiger charge is 2.07. The van der Waals surface area contributed by atoms with E-state index in [-0.39, 0.29) is 5.57 Å². The molecule has 0 radical (unpaired) electrons. The summed E-state index contributed by atoms with van der Waals surface area (Å²) < 4.78 is 0.907. The summed E-state index contributed by atoms with van der Waals surface area (Å²) in [6.45, 7) is 6.44. The third-order valence-corrected chi connectivity index (χ3v) is 4.74. The first-order valence-electron chi connectivity index (χ1n) is 8.72. The number of hydrogen-bond donors (Lipinski definition) is 0. The van der Waals surface area contributed by atoms with Crippen LogP contribution in [-0.4, -0.2) is 13.1 Å². The Hall–Kier alpha value is -1.78. The van der Waals surface area contributed by atoms with Crippen molar-refractivity contribution < 1.29 is 0 Å². The van der Waals surface area contributed by atoms with E-state index in [1.54, 1.807) is 6.08 Å². The van der Waals surface area contributed by atoms with Crippen molar-refractivity contribution >= 4 is 27.7 Å². The first kappa shape index (κ1) is 20.3. The summed E-state index contributed by atoms with van der Waals surface area (Å²) in [5, 5.41) is 17.7. The van der Waals surface area contributed by atoms with Crippen LogP contribution in [0.5, 0.6) is 0 Å². The van der Waals surface area contributed by atoms with Crippen molar-refractivity contribution in [1.29, 1.82) is 10.5 Å². The highest BCUT2D eigenvalue weighted by molar-refractivity contribution is 9.10. The number of rotatable bonds is 10. The van der Waals surface area contributed by atoms with E-state index in [0.717, 1.165) is 23.1 Å². The highest BCUT2D eigenvalue weighted by Crippen LogP contribution is 2.26. The van der Waals surface area contributed by atoms with Crippen molar-refractivity contribution in [1.82, 2.24) is 0 Å². The quantitative estimate of drug-likeness (QED) is 0.361. The molecule has 1 aromatic rings. The third-order valence-electron chi connectivity index (χ3n) is 4.05. The van der Waals surface area contributed by atoms with E-state index in [1.807, 2.05) is 18.2 Å². The van der Waals surface area contributed by atoms with Gasteiger partial charge < -0.3 is 4.90 Å². The Labute approximate surface area is 154 Å². The maximum Gasteiger partial charge on any atom is 0.130 e. The van der Waals surface area contributed by atoms with Gasteiger partial charge in [-0.15, -0.1) is 0 Å². The summed E-state index contributed by atoms with van der Waals surface area (Å²) in [5.74, 6) is 0. The molecular weight excluding hydrogens is 362 g/mol. The van der Waals surface area contributed by atoms with E-state index in [1.165, 1.54) is 44.2 Å². The maximum absolute atomic E-state index is 8.87. The van der Waals surface area contributed by atoms with E-state index < -0.39 is 0 Å². The van der Waals surface area contributed by atoms with Gasteiger partial charge >= 0.3 is 0 Å². The predicted molar refractivity (Wildman–Crippen MR) is 105 cm³/mol. The zero-order valence-corrected chi connectivity index (χ0v) is 16.3. The minimum Gasteiger partial charge on any atom is -0.372 e. The number of nitriles is 2. The summed E-state index contributed by atoms with van der Waals surface area (Å²) in [6, 6.07) is 9.87. The summed E-state index contributed by atoms with van der Waals surface area (Å²) in [6.07, 6.45) is 9.40. The smallest absolute Gasteiger partial charge is 0.130 e. The second kappa shape index (κ2) is 11.7. The molecule has 0 aliphatic carbocycles. The van der Waals surface area contributed by atoms with Crippen molar-refractivity contribution in [3.05, 3.63) is 33.8 Å². The Bertz CT molecular complexity index is 607. The molecule has 1 rings (SSSR count). The molecule has 0 N–H and O–H groups in total. The summed E-state index contributed by atoms with van der Waals surface area (Å²) in [5.41, 5.74) is 2.14. The van der Waals surface area contributed by atoms with Gasteiger partial charge in [-0.05, 0) is 37.1 Å². The molecule has 0 aliphatic heterocycles. The number of anilines is 1. The van der Waals surface area contributed by atoms with Gasteiger partial charge in [-0.2, -0.15) is 10.5 Å². The lowest BCUT2D eigenvalue weighted by molar-refractivity contribution is 0.601. The molecule has 0 amide bonds. The van der Waals surface area contributed by atoms with Gasteiger partial charge in [0.1, 0.15) is 17.7 Å². The van der Waals surface area contributed by atoms with Crippen LogP contribution in [0.2, 0.25) is 0 Å². The highest BCUT2D eigenvalue weighted by atomic mass is 79.9. The van der Waals surface area contributed by atoms with E-state index in [4.69, 9.17) is 10.5 Å². The van der Waals surface area contributed by atoms with Crippen LogP contribution in [0.1, 0.15) is 57.9 Å². The van der Waals surface area contributed by atoms with Gasteiger partial charge in [0, 0.05) is 23.2 Å². The fraction of sp³-hybridized carbons (Fsp3) is 0.500. The Morgan fingerprint density at radius 1 is 1.08 bits per heavy atom. The number of nitrogens with zero attached hydrogens (tertiary/aromatic N) is 3. The van der Waals surface area contributed by atoms with Crippen LogP contribution >= 0.6 is 15.9 Å². The molecule has 0 spiro atoms. The maximum atomic E-state index is 8.87. The molecule has 0 atom stereocenters. The number of hydrogen-bond acceptors (Lipinski definition) is 3. The zero-order chi connectivity index (χ0) is 17.8. The zero-order valence-electron chi connectivity index (χ0n) is 14.7. The van der Waals surface area contributed by atoms with Crippen LogP contribution in [-0.2, 0) is 0 Å². The van der Waals surface area contributed by atoms with E-state index >= 15 is 0 Å². The van der Waals surface area contributed by atoms with Gasteiger partial charge in [-0.1, -0.05) is 61.0 Å². The van der Waals surface area contributed by atoms with Gasteiger partial charge in [-0.25, -0.2) is 0 Å². The second-order valence-electron chi connectivity index (χ2n) is 5.83. The molecule has 0 saturated heterocycles. The predicted octanol–water partition coefficient (Wildman–Crippen LogP) is 6.07. The van der Waals surface area contributed by atoms with Crippen LogP contribution in [0.4, 0.5) is 5.69 Å². The van der Waals surface area contributed by atoms with Crippen LogP contribution < -0.4 is 4.90 Å². The number of halogens is 1. The standard InChI is InChI=1S/C20H26BrN3/c1-3-5-6-7-8-9-12-24(4-2)19-11-10-18(20(21)14-19)13-17(15-22)16-23/h10-11,13-14H,3-9,12H2,1-2H3. The average molecular weight is 388 g/mol. The molecule has 24 heavy (non-hydrogen) atoms. The van der Waals surface area contributed by atoms with Gasteiger partial charge in [-0.3, -0.25) is 0 Å². The SMILES string of the molecule is CCCCCCCCN(CC)c1ccc(C=C(C#N)C#N)c(Br)c1. The van der Waals surface area contributed by atoms with E-state index in [9.17, 15) is 0 Å². The molecule has 0 bridgehead atoms. The molecule has 4 heteroatoms. The van der Waals surface area contributed by atoms with Crippen LogP contribution in [0.15, 0.2) is 28.2 Å². The van der Waals surface area contributed by atoms with Crippen LogP contribution in [0, 0.1) is 22.7 Å². The molecule has 3 nitrogen and oxygen atoms in total. The fourth-order valence-electron chi connectivity index (χ4n) is 2.63. The molecule has 128 valence electrons. The van der Waals surface area contributed by atoms with Crippen molar-refractivity contribution in [2.24, 2.45) is 0 Å². The lowest BCUT2D eigenvalue weighted by Crippen LogP contribution is -2.23. The van der Waals surface area contributed by atoms with E-state index in [2.05, 4.69) is 46.8 Å². The average Bonchev–Trinajstić information content (AvgIpc) is 2.60. The molecule has 1 aromatic carbocycles. The molecule has 0 saturated carbocycles. The monoisotopic (exact) mass is 387 g/mol. The molecule has 0 aromatic heterocycles. The Morgan fingerprint density at radius 2 is 1.75 bits per heavy atom. The summed E-state index contributed by atoms with van der Waals surface area (Å²) in [7, 11) is 0. The van der Waals surface area contributed by atoms with Crippen molar-refractivity contribution in [3.63, 3.8) is 0 Å². The van der Waals surface area contributed by atoms with Gasteiger partial charge in [0.2, 0.25) is 0 Å². The van der Waals surface area contributed by atoms with Crippen molar-refractivity contribution in [2.45, 2.75) is 52.4 Å². The van der Waals surface area contributed by atoms with Crippen LogP contribution in [0.3, 0.4) is 0 Å². The topological polar surface area (TPSA) is 50.8 Å². The summed E-state index contributed by atoms with van der Waals surface area (Å²) in [4.78, 5) is 2.37. The van der Waals surface area contributed by atoms with Gasteiger partial charge in [0.25, 0.3) is 0 Å². The molecule has 0 heterocycles. The minimum atomic E-state index is 0.114. The van der Waals surface area contributed by atoms with Crippen LogP contribution in [0.25, 0.3) is 6.08 Å². The Kier molecular flexibility index (Phi) is 9.89. The second-order valence-corrected chi connectivity index (χ2v) is 6.69. The number of unbranched alkanes of at least 4 members (excludes halogenated alkanes) is 5. The fourth-order valence-corrected chi connectivity index (χ4v) is 3.11. The minimum absolute atomic E-state index is 0.114. The van der Waals surface area contributed by atoms with Gasteiger partial charge in [0.15, 0.2) is 0 Å².